The van der Waals surface area contributed by atoms with E-state index in [1.807, 2.05) is 0 Å². The predicted molar refractivity (Wildman–Crippen MR) is 46.2 cm³/mol. The number of aliphatic hydroxyl groups excluding tert-OH is 1. The van der Waals surface area contributed by atoms with Gasteiger partial charge in [0.1, 0.15) is 6.10 Å². The molecule has 2 aliphatic rings. The van der Waals surface area contributed by atoms with Gasteiger partial charge in [0, 0.05) is 19.7 Å². The van der Waals surface area contributed by atoms with Crippen molar-refractivity contribution in [1.29, 1.82) is 0 Å². The molecule has 4 nitrogen and oxygen atoms in total. The van der Waals surface area contributed by atoms with Crippen LogP contribution >= 0.6 is 0 Å². The quantitative estimate of drug-likeness (QED) is 0.613. The maximum Gasteiger partial charge on any atom is 0.251 e. The highest BCUT2D eigenvalue weighted by atomic mass is 16.5. The Hall–Kier alpha value is -0.610. The van der Waals surface area contributed by atoms with Crippen molar-refractivity contribution in [2.45, 2.75) is 31.5 Å². The highest BCUT2D eigenvalue weighted by Crippen LogP contribution is 2.18. The molecule has 0 radical (unpaired) electrons. The zero-order valence-corrected chi connectivity index (χ0v) is 7.61. The summed E-state index contributed by atoms with van der Waals surface area (Å²) in [6.45, 7) is 1.87. The second kappa shape index (κ2) is 3.64. The molecule has 13 heavy (non-hydrogen) atoms. The van der Waals surface area contributed by atoms with Gasteiger partial charge in [0.2, 0.25) is 0 Å². The first-order chi connectivity index (χ1) is 6.27. The van der Waals surface area contributed by atoms with Crippen molar-refractivity contribution in [3.8, 4) is 0 Å². The Balaban J connectivity index is 1.89. The molecule has 2 fully saturated rings. The summed E-state index contributed by atoms with van der Waals surface area (Å²) in [4.78, 5) is 13.4. The Morgan fingerprint density at radius 2 is 2.31 bits per heavy atom. The van der Waals surface area contributed by atoms with Gasteiger partial charge in [-0.2, -0.15) is 0 Å². The molecule has 0 aromatic carbocycles. The summed E-state index contributed by atoms with van der Waals surface area (Å²) >= 11 is 0. The maximum absolute atomic E-state index is 11.7. The lowest BCUT2D eigenvalue weighted by Crippen LogP contribution is -2.37. The smallest absolute Gasteiger partial charge is 0.251 e. The van der Waals surface area contributed by atoms with Crippen LogP contribution in [0.1, 0.15) is 19.3 Å². The molecular weight excluding hydrogens is 170 g/mol. The van der Waals surface area contributed by atoms with E-state index in [1.54, 1.807) is 4.90 Å². The van der Waals surface area contributed by atoms with Gasteiger partial charge in [-0.25, -0.2) is 0 Å². The predicted octanol–water partition coefficient (Wildman–Crippen LogP) is -0.241. The Kier molecular flexibility index (Phi) is 2.51. The van der Waals surface area contributed by atoms with Gasteiger partial charge >= 0.3 is 0 Å². The lowest BCUT2D eigenvalue weighted by Gasteiger charge is -2.19. The van der Waals surface area contributed by atoms with Crippen LogP contribution in [0.4, 0.5) is 0 Å². The molecule has 2 saturated heterocycles. The number of nitrogens with zero attached hydrogens (tertiary/aromatic N) is 1. The fourth-order valence-electron chi connectivity index (χ4n) is 1.92. The Labute approximate surface area is 77.5 Å². The van der Waals surface area contributed by atoms with Crippen LogP contribution in [0.3, 0.4) is 0 Å². The zero-order valence-electron chi connectivity index (χ0n) is 7.61. The molecule has 0 saturated carbocycles. The fraction of sp³-hybridized carbons (Fsp3) is 0.889. The molecule has 1 amide bonds. The van der Waals surface area contributed by atoms with E-state index in [0.29, 0.717) is 26.1 Å². The molecule has 0 aromatic heterocycles. The minimum Gasteiger partial charge on any atom is -0.391 e. The summed E-state index contributed by atoms with van der Waals surface area (Å²) in [6, 6.07) is 0. The minimum atomic E-state index is -0.328. The Morgan fingerprint density at radius 3 is 2.85 bits per heavy atom. The van der Waals surface area contributed by atoms with E-state index in [0.717, 1.165) is 12.8 Å². The van der Waals surface area contributed by atoms with Crippen molar-refractivity contribution in [3.05, 3.63) is 0 Å². The van der Waals surface area contributed by atoms with Crippen LogP contribution in [0.2, 0.25) is 0 Å². The normalized spacial score (nSPS) is 34.1. The van der Waals surface area contributed by atoms with Crippen molar-refractivity contribution < 1.29 is 14.6 Å². The molecule has 0 aromatic rings. The first-order valence-corrected chi connectivity index (χ1v) is 4.86. The average molecular weight is 185 g/mol. The van der Waals surface area contributed by atoms with Gasteiger partial charge in [0.25, 0.3) is 5.91 Å². The summed E-state index contributed by atoms with van der Waals surface area (Å²) < 4.78 is 5.29. The molecule has 0 unspecified atom stereocenters. The van der Waals surface area contributed by atoms with Crippen LogP contribution < -0.4 is 0 Å². The number of carbonyl (C=O) groups is 1. The van der Waals surface area contributed by atoms with E-state index in [9.17, 15) is 9.90 Å². The highest BCUT2D eigenvalue weighted by molar-refractivity contribution is 5.81. The summed E-state index contributed by atoms with van der Waals surface area (Å²) in [7, 11) is 0. The number of ether oxygens (including phenoxy) is 1. The van der Waals surface area contributed by atoms with E-state index in [4.69, 9.17) is 4.74 Å². The summed E-state index contributed by atoms with van der Waals surface area (Å²) in [5.74, 6) is 0.0639. The SMILES string of the molecule is O=C([C@H]1CCCO1)N1CC[C@@H](O)C1. The van der Waals surface area contributed by atoms with Crippen LogP contribution in [-0.4, -0.2) is 47.8 Å². The number of carbonyl (C=O) groups excluding carboxylic acids is 1. The third-order valence-corrected chi connectivity index (χ3v) is 2.68. The van der Waals surface area contributed by atoms with E-state index >= 15 is 0 Å². The number of β-amino-alcohol motifs (C(OH)–C–C–N with tert-alkyl or cyclic N) is 1. The largest absolute Gasteiger partial charge is 0.391 e. The van der Waals surface area contributed by atoms with Gasteiger partial charge in [0.05, 0.1) is 6.10 Å². The van der Waals surface area contributed by atoms with Crippen molar-refractivity contribution >= 4 is 5.91 Å². The van der Waals surface area contributed by atoms with Crippen LogP contribution in [0.5, 0.6) is 0 Å². The van der Waals surface area contributed by atoms with Crippen molar-refractivity contribution in [3.63, 3.8) is 0 Å². The van der Waals surface area contributed by atoms with Crippen molar-refractivity contribution in [1.82, 2.24) is 4.90 Å². The summed E-state index contributed by atoms with van der Waals surface area (Å²) in [5, 5.41) is 9.26. The molecule has 0 bridgehead atoms. The molecule has 4 heteroatoms. The fourth-order valence-corrected chi connectivity index (χ4v) is 1.92. The number of hydrogen-bond donors (Lipinski definition) is 1. The summed E-state index contributed by atoms with van der Waals surface area (Å²) in [5.41, 5.74) is 0. The third-order valence-electron chi connectivity index (χ3n) is 2.68. The van der Waals surface area contributed by atoms with E-state index in [1.165, 1.54) is 0 Å². The van der Waals surface area contributed by atoms with Crippen LogP contribution in [0.25, 0.3) is 0 Å². The van der Waals surface area contributed by atoms with Gasteiger partial charge in [-0.3, -0.25) is 4.79 Å². The van der Waals surface area contributed by atoms with Gasteiger partial charge in [-0.1, -0.05) is 0 Å². The first-order valence-electron chi connectivity index (χ1n) is 4.86. The highest BCUT2D eigenvalue weighted by Gasteiger charge is 2.32. The van der Waals surface area contributed by atoms with Crippen molar-refractivity contribution in [2.75, 3.05) is 19.7 Å². The number of hydrogen-bond acceptors (Lipinski definition) is 3. The molecule has 2 aliphatic heterocycles. The first kappa shape index (κ1) is 8.97. The molecule has 1 N–H and O–H groups in total. The number of aliphatic hydroxyl groups is 1. The van der Waals surface area contributed by atoms with Gasteiger partial charge < -0.3 is 14.7 Å². The molecule has 74 valence electrons. The monoisotopic (exact) mass is 185 g/mol. The molecule has 0 spiro atoms. The average Bonchev–Trinajstić information content (AvgIpc) is 2.72. The Bertz CT molecular complexity index is 201. The maximum atomic E-state index is 11.7. The minimum absolute atomic E-state index is 0.0639. The summed E-state index contributed by atoms with van der Waals surface area (Å²) in [6.07, 6.45) is 1.96. The third kappa shape index (κ3) is 1.84. The molecular formula is C9H15NO3. The standard InChI is InChI=1S/C9H15NO3/c11-7-3-4-10(6-7)9(12)8-2-1-5-13-8/h7-8,11H,1-6H2/t7-,8-/m1/s1. The lowest BCUT2D eigenvalue weighted by molar-refractivity contribution is -0.140. The number of rotatable bonds is 1. The van der Waals surface area contributed by atoms with Gasteiger partial charge in [-0.05, 0) is 19.3 Å². The molecule has 2 heterocycles. The molecule has 2 atom stereocenters. The van der Waals surface area contributed by atoms with Gasteiger partial charge in [-0.15, -0.1) is 0 Å². The van der Waals surface area contributed by atoms with Crippen LogP contribution in [0, 0.1) is 0 Å². The van der Waals surface area contributed by atoms with Crippen molar-refractivity contribution in [2.24, 2.45) is 0 Å². The lowest BCUT2D eigenvalue weighted by atomic mass is 10.2. The molecule has 0 aliphatic carbocycles. The second-order valence-electron chi connectivity index (χ2n) is 3.73. The second-order valence-corrected chi connectivity index (χ2v) is 3.73. The van der Waals surface area contributed by atoms with Crippen LogP contribution in [0.15, 0.2) is 0 Å². The van der Waals surface area contributed by atoms with E-state index in [2.05, 4.69) is 0 Å². The zero-order chi connectivity index (χ0) is 9.26. The van der Waals surface area contributed by atoms with E-state index in [-0.39, 0.29) is 18.1 Å². The van der Waals surface area contributed by atoms with Crippen LogP contribution in [-0.2, 0) is 9.53 Å². The van der Waals surface area contributed by atoms with Gasteiger partial charge in [0.15, 0.2) is 0 Å². The molecule has 2 rings (SSSR count). The Morgan fingerprint density at radius 1 is 1.46 bits per heavy atom. The van der Waals surface area contributed by atoms with E-state index < -0.39 is 0 Å². The number of amides is 1. The number of likely N-dealkylation sites (tertiary alicyclic amines) is 1. The topological polar surface area (TPSA) is 49.8 Å².